The van der Waals surface area contributed by atoms with E-state index in [1.54, 1.807) is 0 Å². The molecule has 9 nitrogen and oxygen atoms in total. The molecular formula is C16H21N7O2. The van der Waals surface area contributed by atoms with Crippen molar-refractivity contribution >= 4 is 23.0 Å². The molecule has 0 atom stereocenters. The third-order valence-corrected chi connectivity index (χ3v) is 4.62. The van der Waals surface area contributed by atoms with E-state index in [0.717, 1.165) is 13.1 Å². The fraction of sp³-hybridized carbons (Fsp3) is 0.375. The molecule has 0 aliphatic carbocycles. The Morgan fingerprint density at radius 1 is 1.16 bits per heavy atom. The van der Waals surface area contributed by atoms with E-state index in [-0.39, 0.29) is 11.5 Å². The Labute approximate surface area is 145 Å². The highest BCUT2D eigenvalue weighted by molar-refractivity contribution is 5.70. The third-order valence-electron chi connectivity index (χ3n) is 4.62. The number of nitrogens with zero attached hydrogens (tertiary/aromatic N) is 5. The molecule has 3 rings (SSSR count). The number of aromatic nitrogens is 2. The highest BCUT2D eigenvalue weighted by atomic mass is 16.6. The van der Waals surface area contributed by atoms with Crippen molar-refractivity contribution in [2.75, 3.05) is 41.4 Å². The van der Waals surface area contributed by atoms with Crippen molar-refractivity contribution in [3.63, 3.8) is 0 Å². The van der Waals surface area contributed by atoms with Crippen molar-refractivity contribution < 1.29 is 4.92 Å². The molecule has 2 aromatic rings. The lowest BCUT2D eigenvalue weighted by molar-refractivity contribution is -0.383. The zero-order valence-corrected chi connectivity index (χ0v) is 14.3. The second-order valence-corrected chi connectivity index (χ2v) is 5.99. The van der Waals surface area contributed by atoms with Gasteiger partial charge in [-0.15, -0.1) is 0 Å². The standard InChI is InChI=1S/C16H21N7O2/c1-11-4-3-5-13(12(11)2)21-6-8-22(9-7-21)16-14(23(24)25)15(20-17)18-10-19-16/h3-5,10H,6-9,17H2,1-2H3,(H,18,19,20). The van der Waals surface area contributed by atoms with Gasteiger partial charge in [-0.05, 0) is 31.0 Å². The van der Waals surface area contributed by atoms with Crippen LogP contribution in [-0.4, -0.2) is 41.1 Å². The van der Waals surface area contributed by atoms with Crippen LogP contribution in [0.3, 0.4) is 0 Å². The summed E-state index contributed by atoms with van der Waals surface area (Å²) in [4.78, 5) is 23.1. The molecule has 25 heavy (non-hydrogen) atoms. The number of nitrogen functional groups attached to an aromatic ring is 1. The van der Waals surface area contributed by atoms with Crippen LogP contribution < -0.4 is 21.1 Å². The minimum atomic E-state index is -0.498. The van der Waals surface area contributed by atoms with Crippen molar-refractivity contribution in [2.24, 2.45) is 5.84 Å². The molecule has 0 spiro atoms. The third kappa shape index (κ3) is 3.18. The number of rotatable bonds is 4. The number of aryl methyl sites for hydroxylation is 1. The number of hydrazine groups is 1. The van der Waals surface area contributed by atoms with Gasteiger partial charge in [0.2, 0.25) is 11.6 Å². The van der Waals surface area contributed by atoms with Crippen molar-refractivity contribution in [2.45, 2.75) is 13.8 Å². The van der Waals surface area contributed by atoms with Crippen molar-refractivity contribution in [1.82, 2.24) is 9.97 Å². The van der Waals surface area contributed by atoms with Gasteiger partial charge in [0, 0.05) is 31.9 Å². The first kappa shape index (κ1) is 16.9. The van der Waals surface area contributed by atoms with Crippen LogP contribution >= 0.6 is 0 Å². The molecule has 3 N–H and O–H groups in total. The molecule has 1 saturated heterocycles. The van der Waals surface area contributed by atoms with Gasteiger partial charge < -0.3 is 15.2 Å². The predicted octanol–water partition coefficient (Wildman–Crippen LogP) is 1.61. The number of nitrogens with two attached hydrogens (primary N) is 1. The normalized spacial score (nSPS) is 14.5. The molecule has 0 bridgehead atoms. The second-order valence-electron chi connectivity index (χ2n) is 5.99. The lowest BCUT2D eigenvalue weighted by atomic mass is 10.1. The molecule has 1 aliphatic rings. The van der Waals surface area contributed by atoms with E-state index in [9.17, 15) is 10.1 Å². The quantitative estimate of drug-likeness (QED) is 0.489. The Kier molecular flexibility index (Phi) is 4.66. The number of nitrogens with one attached hydrogen (secondary N) is 1. The van der Waals surface area contributed by atoms with Gasteiger partial charge in [-0.3, -0.25) is 10.1 Å². The monoisotopic (exact) mass is 343 g/mol. The van der Waals surface area contributed by atoms with Gasteiger partial charge in [0.1, 0.15) is 6.33 Å². The summed E-state index contributed by atoms with van der Waals surface area (Å²) in [6.45, 7) is 7.00. The summed E-state index contributed by atoms with van der Waals surface area (Å²) in [6, 6.07) is 6.26. The Hall–Kier alpha value is -2.94. The fourth-order valence-electron chi connectivity index (χ4n) is 3.11. The summed E-state index contributed by atoms with van der Waals surface area (Å²) in [6.07, 6.45) is 1.29. The van der Waals surface area contributed by atoms with Crippen LogP contribution in [-0.2, 0) is 0 Å². The fourth-order valence-corrected chi connectivity index (χ4v) is 3.11. The Bertz CT molecular complexity index is 788. The van der Waals surface area contributed by atoms with Crippen molar-refractivity contribution in [3.8, 4) is 0 Å². The van der Waals surface area contributed by atoms with Gasteiger partial charge in [-0.25, -0.2) is 15.8 Å². The van der Waals surface area contributed by atoms with E-state index >= 15 is 0 Å². The number of hydrogen-bond acceptors (Lipinski definition) is 8. The van der Waals surface area contributed by atoms with Crippen molar-refractivity contribution in [3.05, 3.63) is 45.8 Å². The van der Waals surface area contributed by atoms with Gasteiger partial charge in [-0.1, -0.05) is 12.1 Å². The largest absolute Gasteiger partial charge is 0.368 e. The van der Waals surface area contributed by atoms with E-state index in [4.69, 9.17) is 5.84 Å². The average Bonchev–Trinajstić information content (AvgIpc) is 2.63. The molecule has 9 heteroatoms. The van der Waals surface area contributed by atoms with E-state index in [1.165, 1.54) is 23.1 Å². The van der Waals surface area contributed by atoms with Gasteiger partial charge >= 0.3 is 5.69 Å². The van der Waals surface area contributed by atoms with E-state index in [2.05, 4.69) is 52.3 Å². The summed E-state index contributed by atoms with van der Waals surface area (Å²) >= 11 is 0. The molecule has 1 aromatic heterocycles. The minimum Gasteiger partial charge on any atom is -0.368 e. The highest BCUT2D eigenvalue weighted by Crippen LogP contribution is 2.32. The molecule has 2 heterocycles. The van der Waals surface area contributed by atoms with Crippen LogP contribution in [0, 0.1) is 24.0 Å². The van der Waals surface area contributed by atoms with Crippen LogP contribution in [0.15, 0.2) is 24.5 Å². The van der Waals surface area contributed by atoms with Gasteiger partial charge in [0.05, 0.1) is 4.92 Å². The summed E-state index contributed by atoms with van der Waals surface area (Å²) < 4.78 is 0. The molecule has 1 aliphatic heterocycles. The van der Waals surface area contributed by atoms with Gasteiger partial charge in [-0.2, -0.15) is 0 Å². The van der Waals surface area contributed by atoms with E-state index in [0.29, 0.717) is 18.9 Å². The first-order valence-corrected chi connectivity index (χ1v) is 8.05. The summed E-state index contributed by atoms with van der Waals surface area (Å²) in [5.74, 6) is 5.66. The second kappa shape index (κ2) is 6.89. The Balaban J connectivity index is 1.81. The average molecular weight is 343 g/mol. The number of hydrogen-bond donors (Lipinski definition) is 2. The zero-order chi connectivity index (χ0) is 18.0. The van der Waals surface area contributed by atoms with Crippen LogP contribution in [0.1, 0.15) is 11.1 Å². The molecule has 0 unspecified atom stereocenters. The molecular weight excluding hydrogens is 322 g/mol. The van der Waals surface area contributed by atoms with Crippen molar-refractivity contribution in [1.29, 1.82) is 0 Å². The number of anilines is 3. The smallest absolute Gasteiger partial charge is 0.354 e. The minimum absolute atomic E-state index is 0.0203. The number of nitro groups is 1. The van der Waals surface area contributed by atoms with Crippen LogP contribution in [0.4, 0.5) is 23.0 Å². The van der Waals surface area contributed by atoms with Crippen LogP contribution in [0.2, 0.25) is 0 Å². The Morgan fingerprint density at radius 2 is 1.84 bits per heavy atom. The van der Waals surface area contributed by atoms with E-state index in [1.807, 2.05) is 4.90 Å². The lowest BCUT2D eigenvalue weighted by Gasteiger charge is -2.37. The molecule has 0 radical (unpaired) electrons. The van der Waals surface area contributed by atoms with Gasteiger partial charge in [0.25, 0.3) is 0 Å². The van der Waals surface area contributed by atoms with E-state index < -0.39 is 4.92 Å². The maximum atomic E-state index is 11.4. The highest BCUT2D eigenvalue weighted by Gasteiger charge is 2.29. The SMILES string of the molecule is Cc1cccc(N2CCN(c3ncnc(NN)c3[N+](=O)[O-])CC2)c1C. The molecule has 1 fully saturated rings. The molecule has 1 aromatic carbocycles. The zero-order valence-electron chi connectivity index (χ0n) is 14.3. The summed E-state index contributed by atoms with van der Waals surface area (Å²) in [5, 5.41) is 11.4. The maximum Gasteiger partial charge on any atom is 0.354 e. The van der Waals surface area contributed by atoms with Crippen LogP contribution in [0.5, 0.6) is 0 Å². The predicted molar refractivity (Wildman–Crippen MR) is 96.8 cm³/mol. The Morgan fingerprint density at radius 3 is 2.48 bits per heavy atom. The topological polar surface area (TPSA) is 113 Å². The summed E-state index contributed by atoms with van der Waals surface area (Å²) in [7, 11) is 0. The maximum absolute atomic E-state index is 11.4. The molecule has 0 amide bonds. The first-order valence-electron chi connectivity index (χ1n) is 8.05. The first-order chi connectivity index (χ1) is 12.0. The lowest BCUT2D eigenvalue weighted by Crippen LogP contribution is -2.47. The van der Waals surface area contributed by atoms with Crippen LogP contribution in [0.25, 0.3) is 0 Å². The number of benzene rings is 1. The summed E-state index contributed by atoms with van der Waals surface area (Å²) in [5.41, 5.74) is 5.81. The van der Waals surface area contributed by atoms with Gasteiger partial charge in [0.15, 0.2) is 0 Å². The molecule has 0 saturated carbocycles. The number of piperazine rings is 1. The molecule has 132 valence electrons.